The van der Waals surface area contributed by atoms with Crippen molar-refractivity contribution in [3.63, 3.8) is 0 Å². The van der Waals surface area contributed by atoms with Gasteiger partial charge in [0.25, 0.3) is 0 Å². The molecule has 0 aromatic rings. The minimum Gasteiger partial charge on any atom is -0.481 e. The van der Waals surface area contributed by atoms with Crippen molar-refractivity contribution in [3.05, 3.63) is 0 Å². The number of carboxylic acid groups (broad SMARTS) is 1. The Hall–Kier alpha value is -1.10. The Morgan fingerprint density at radius 3 is 2.35 bits per heavy atom. The van der Waals surface area contributed by atoms with Gasteiger partial charge in [0.2, 0.25) is 5.91 Å². The first-order chi connectivity index (χ1) is 7.86. The van der Waals surface area contributed by atoms with Crippen LogP contribution in [0.15, 0.2) is 0 Å². The topological polar surface area (TPSA) is 83.6 Å². The summed E-state index contributed by atoms with van der Waals surface area (Å²) in [5.41, 5.74) is 5.13. The summed E-state index contributed by atoms with van der Waals surface area (Å²) in [4.78, 5) is 24.4. The minimum absolute atomic E-state index is 0.0197. The highest BCUT2D eigenvalue weighted by atomic mass is 16.4. The number of carbonyl (C=O) groups excluding carboxylic acids is 1. The first-order valence-corrected chi connectivity index (χ1v) is 6.17. The van der Waals surface area contributed by atoms with Crippen molar-refractivity contribution < 1.29 is 14.7 Å². The summed E-state index contributed by atoms with van der Waals surface area (Å²) in [6.07, 6.45) is 2.34. The van der Waals surface area contributed by atoms with Crippen LogP contribution in [0.25, 0.3) is 0 Å². The van der Waals surface area contributed by atoms with Gasteiger partial charge >= 0.3 is 5.97 Å². The predicted molar refractivity (Wildman–Crippen MR) is 64.4 cm³/mol. The maximum atomic E-state index is 12.1. The molecule has 0 saturated carbocycles. The highest BCUT2D eigenvalue weighted by molar-refractivity contribution is 5.85. The molecule has 1 saturated heterocycles. The van der Waals surface area contributed by atoms with E-state index in [-0.39, 0.29) is 18.2 Å². The van der Waals surface area contributed by atoms with Gasteiger partial charge in [0.05, 0.1) is 5.54 Å². The lowest BCUT2D eigenvalue weighted by Gasteiger charge is -2.36. The third-order valence-electron chi connectivity index (χ3n) is 3.59. The van der Waals surface area contributed by atoms with Crippen LogP contribution >= 0.6 is 0 Å². The second kappa shape index (κ2) is 5.49. The molecule has 3 N–H and O–H groups in total. The molecule has 1 heterocycles. The summed E-state index contributed by atoms with van der Waals surface area (Å²) in [6.45, 7) is 4.90. The number of nitrogens with zero attached hydrogens (tertiary/aromatic N) is 1. The summed E-state index contributed by atoms with van der Waals surface area (Å²) in [7, 11) is 0. The largest absolute Gasteiger partial charge is 0.481 e. The van der Waals surface area contributed by atoms with E-state index in [0.29, 0.717) is 19.5 Å². The van der Waals surface area contributed by atoms with Gasteiger partial charge in [0, 0.05) is 19.5 Å². The van der Waals surface area contributed by atoms with Crippen LogP contribution in [0.3, 0.4) is 0 Å². The molecule has 0 aromatic heterocycles. The van der Waals surface area contributed by atoms with E-state index in [1.54, 1.807) is 11.8 Å². The van der Waals surface area contributed by atoms with Gasteiger partial charge in [-0.1, -0.05) is 6.92 Å². The van der Waals surface area contributed by atoms with Gasteiger partial charge in [0.1, 0.15) is 0 Å². The fraction of sp³-hybridized carbons (Fsp3) is 0.833. The maximum absolute atomic E-state index is 12.1. The standard InChI is InChI=1S/C12H22N2O3/c1-3-12(2,13)11(17)14-6-4-9(5-7-14)8-10(15)16/h9H,3-8,13H2,1-2H3,(H,15,16). The van der Waals surface area contributed by atoms with Crippen LogP contribution in [0.5, 0.6) is 0 Å². The Morgan fingerprint density at radius 2 is 1.94 bits per heavy atom. The van der Waals surface area contributed by atoms with Crippen LogP contribution in [0.2, 0.25) is 0 Å². The van der Waals surface area contributed by atoms with E-state index in [1.165, 1.54) is 0 Å². The molecule has 1 unspecified atom stereocenters. The molecule has 0 aromatic carbocycles. The molecule has 1 rings (SSSR count). The molecular formula is C12H22N2O3. The number of rotatable bonds is 4. The zero-order valence-corrected chi connectivity index (χ0v) is 10.6. The molecule has 0 bridgehead atoms. The number of amides is 1. The molecule has 1 aliphatic heterocycles. The molecule has 1 amide bonds. The zero-order valence-electron chi connectivity index (χ0n) is 10.6. The van der Waals surface area contributed by atoms with Crippen molar-refractivity contribution >= 4 is 11.9 Å². The smallest absolute Gasteiger partial charge is 0.303 e. The van der Waals surface area contributed by atoms with Crippen LogP contribution in [0.4, 0.5) is 0 Å². The molecule has 1 aliphatic rings. The van der Waals surface area contributed by atoms with Crippen LogP contribution in [-0.2, 0) is 9.59 Å². The van der Waals surface area contributed by atoms with Crippen molar-refractivity contribution in [1.82, 2.24) is 4.90 Å². The van der Waals surface area contributed by atoms with Crippen LogP contribution in [0, 0.1) is 5.92 Å². The van der Waals surface area contributed by atoms with E-state index >= 15 is 0 Å². The predicted octanol–water partition coefficient (Wildman–Crippen LogP) is 0.827. The lowest BCUT2D eigenvalue weighted by molar-refractivity contribution is -0.139. The number of hydrogen-bond acceptors (Lipinski definition) is 3. The van der Waals surface area contributed by atoms with E-state index in [4.69, 9.17) is 10.8 Å². The average Bonchev–Trinajstić information content (AvgIpc) is 2.28. The number of aliphatic carboxylic acids is 1. The number of nitrogens with two attached hydrogens (primary N) is 1. The monoisotopic (exact) mass is 242 g/mol. The van der Waals surface area contributed by atoms with Crippen molar-refractivity contribution in [2.24, 2.45) is 11.7 Å². The van der Waals surface area contributed by atoms with Gasteiger partial charge in [-0.3, -0.25) is 9.59 Å². The molecule has 5 nitrogen and oxygen atoms in total. The van der Waals surface area contributed by atoms with E-state index in [9.17, 15) is 9.59 Å². The van der Waals surface area contributed by atoms with E-state index < -0.39 is 11.5 Å². The normalized spacial score (nSPS) is 21.0. The maximum Gasteiger partial charge on any atom is 0.303 e. The van der Waals surface area contributed by atoms with Crippen molar-refractivity contribution in [3.8, 4) is 0 Å². The van der Waals surface area contributed by atoms with Gasteiger partial charge in [-0.2, -0.15) is 0 Å². The van der Waals surface area contributed by atoms with Gasteiger partial charge < -0.3 is 15.7 Å². The quantitative estimate of drug-likeness (QED) is 0.764. The Morgan fingerprint density at radius 1 is 1.41 bits per heavy atom. The second-order valence-electron chi connectivity index (χ2n) is 5.10. The number of likely N-dealkylation sites (tertiary alicyclic amines) is 1. The second-order valence-corrected chi connectivity index (χ2v) is 5.10. The molecule has 1 fully saturated rings. The third kappa shape index (κ3) is 3.70. The molecule has 0 spiro atoms. The van der Waals surface area contributed by atoms with Crippen LogP contribution < -0.4 is 5.73 Å². The number of carbonyl (C=O) groups is 2. The molecule has 17 heavy (non-hydrogen) atoms. The van der Waals surface area contributed by atoms with Crippen molar-refractivity contribution in [2.75, 3.05) is 13.1 Å². The lowest BCUT2D eigenvalue weighted by atomic mass is 9.91. The molecular weight excluding hydrogens is 220 g/mol. The van der Waals surface area contributed by atoms with Crippen molar-refractivity contribution in [2.45, 2.75) is 45.1 Å². The molecule has 98 valence electrons. The summed E-state index contributed by atoms with van der Waals surface area (Å²) in [5, 5.41) is 8.71. The molecule has 0 radical (unpaired) electrons. The molecule has 1 atom stereocenters. The fourth-order valence-electron chi connectivity index (χ4n) is 2.10. The van der Waals surface area contributed by atoms with E-state index in [1.807, 2.05) is 6.92 Å². The highest BCUT2D eigenvalue weighted by Crippen LogP contribution is 2.22. The Balaban J connectivity index is 2.47. The summed E-state index contributed by atoms with van der Waals surface area (Å²) >= 11 is 0. The summed E-state index contributed by atoms with van der Waals surface area (Å²) in [5.74, 6) is -0.581. The van der Waals surface area contributed by atoms with Crippen molar-refractivity contribution in [1.29, 1.82) is 0 Å². The van der Waals surface area contributed by atoms with E-state index in [2.05, 4.69) is 0 Å². The zero-order chi connectivity index (χ0) is 13.1. The van der Waals surface area contributed by atoms with Crippen LogP contribution in [0.1, 0.15) is 39.5 Å². The fourth-order valence-corrected chi connectivity index (χ4v) is 2.10. The van der Waals surface area contributed by atoms with Gasteiger partial charge in [-0.25, -0.2) is 0 Å². The Kier molecular flexibility index (Phi) is 4.51. The number of piperidine rings is 1. The summed E-state index contributed by atoms with van der Waals surface area (Å²) < 4.78 is 0. The average molecular weight is 242 g/mol. The van der Waals surface area contributed by atoms with Gasteiger partial charge in [-0.15, -0.1) is 0 Å². The Bertz CT molecular complexity index is 294. The number of carboxylic acids is 1. The summed E-state index contributed by atoms with van der Waals surface area (Å²) in [6, 6.07) is 0. The van der Waals surface area contributed by atoms with Gasteiger partial charge in [0.15, 0.2) is 0 Å². The molecule has 5 heteroatoms. The first-order valence-electron chi connectivity index (χ1n) is 6.17. The molecule has 0 aliphatic carbocycles. The number of hydrogen-bond donors (Lipinski definition) is 2. The third-order valence-corrected chi connectivity index (χ3v) is 3.59. The lowest BCUT2D eigenvalue weighted by Crippen LogP contribution is -2.54. The highest BCUT2D eigenvalue weighted by Gasteiger charge is 2.33. The van der Waals surface area contributed by atoms with E-state index in [0.717, 1.165) is 12.8 Å². The van der Waals surface area contributed by atoms with Gasteiger partial charge in [-0.05, 0) is 32.1 Å². The van der Waals surface area contributed by atoms with Crippen LogP contribution in [-0.4, -0.2) is 40.5 Å². The minimum atomic E-state index is -0.792. The SMILES string of the molecule is CCC(C)(N)C(=O)N1CCC(CC(=O)O)CC1. The first kappa shape index (κ1) is 14.0. The Labute approximate surface area is 102 Å².